The van der Waals surface area contributed by atoms with Crippen molar-refractivity contribution in [2.75, 3.05) is 27.9 Å². The zero-order chi connectivity index (χ0) is 19.9. The third-order valence-corrected chi connectivity index (χ3v) is 7.62. The first kappa shape index (κ1) is 25.6. The van der Waals surface area contributed by atoms with E-state index in [2.05, 4.69) is 32.5 Å². The van der Waals surface area contributed by atoms with Crippen LogP contribution in [0.3, 0.4) is 0 Å². The predicted octanol–water partition coefficient (Wildman–Crippen LogP) is 4.74. The molecule has 1 radical (unpaired) electrons. The Hall–Kier alpha value is -0.433. The van der Waals surface area contributed by atoms with Gasteiger partial charge in [0.25, 0.3) is 0 Å². The van der Waals surface area contributed by atoms with Crippen LogP contribution in [0, 0.1) is 11.8 Å². The highest BCUT2D eigenvalue weighted by Crippen LogP contribution is 2.27. The van der Waals surface area contributed by atoms with E-state index in [0.29, 0.717) is 13.0 Å². The molecule has 0 aliphatic carbocycles. The molecule has 0 aromatic carbocycles. The van der Waals surface area contributed by atoms with Gasteiger partial charge in [-0.2, -0.15) is 0 Å². The van der Waals surface area contributed by atoms with Gasteiger partial charge in [0, 0.05) is 40.3 Å². The Morgan fingerprint density at radius 2 is 1.62 bits per heavy atom. The largest absolute Gasteiger partial charge is 0.500 e. The minimum Gasteiger partial charge on any atom is -0.377 e. The lowest BCUT2D eigenvalue weighted by molar-refractivity contribution is -0.121. The van der Waals surface area contributed by atoms with E-state index in [-0.39, 0.29) is 11.3 Å². The lowest BCUT2D eigenvalue weighted by Crippen LogP contribution is -2.44. The van der Waals surface area contributed by atoms with Crippen molar-refractivity contribution < 1.29 is 18.1 Å². The van der Waals surface area contributed by atoms with Gasteiger partial charge >= 0.3 is 8.80 Å². The Morgan fingerprint density at radius 1 is 1.00 bits per heavy atom. The average molecular weight is 389 g/mol. The number of carbonyl (C=O) groups excluding carboxylic acids is 1. The Labute approximate surface area is 162 Å². The second-order valence-electron chi connectivity index (χ2n) is 7.77. The predicted molar refractivity (Wildman–Crippen MR) is 110 cm³/mol. The summed E-state index contributed by atoms with van der Waals surface area (Å²) in [5.41, 5.74) is -0.0213. The Bertz CT molecular complexity index is 351. The molecule has 155 valence electrons. The van der Waals surface area contributed by atoms with Crippen molar-refractivity contribution >= 4 is 14.7 Å². The zero-order valence-electron chi connectivity index (χ0n) is 18.0. The van der Waals surface area contributed by atoms with Crippen molar-refractivity contribution in [3.05, 3.63) is 6.42 Å². The molecule has 0 aliphatic rings. The Balaban J connectivity index is 3.88. The lowest BCUT2D eigenvalue weighted by Gasteiger charge is -2.30. The molecule has 0 bridgehead atoms. The van der Waals surface area contributed by atoms with Crippen molar-refractivity contribution in [3.8, 4) is 0 Å². The van der Waals surface area contributed by atoms with Crippen molar-refractivity contribution in [2.45, 2.75) is 84.6 Å². The van der Waals surface area contributed by atoms with E-state index in [1.54, 1.807) is 21.3 Å². The third-order valence-electron chi connectivity index (χ3n) is 4.89. The summed E-state index contributed by atoms with van der Waals surface area (Å²) in [7, 11) is 2.36. The van der Waals surface area contributed by atoms with E-state index in [1.165, 1.54) is 32.1 Å². The molecule has 0 aliphatic heterocycles. The summed E-state index contributed by atoms with van der Waals surface area (Å²) in [5, 5.41) is 3.07. The van der Waals surface area contributed by atoms with Crippen LogP contribution in [0.5, 0.6) is 0 Å². The molecule has 0 saturated heterocycles. The Morgan fingerprint density at radius 3 is 2.19 bits per heavy atom. The van der Waals surface area contributed by atoms with Gasteiger partial charge in [0.05, 0.1) is 0 Å². The van der Waals surface area contributed by atoms with Crippen LogP contribution in [-0.4, -0.2) is 42.6 Å². The van der Waals surface area contributed by atoms with E-state index in [1.807, 2.05) is 0 Å². The summed E-state index contributed by atoms with van der Waals surface area (Å²) in [6, 6.07) is 0.741. The number of amides is 1. The maximum Gasteiger partial charge on any atom is 0.500 e. The summed E-state index contributed by atoms with van der Waals surface area (Å²) in [5.74, 6) is 0.133. The fourth-order valence-corrected chi connectivity index (χ4v) is 4.93. The minimum absolute atomic E-state index is 0.0213. The molecule has 0 rings (SSSR count). The van der Waals surface area contributed by atoms with Crippen LogP contribution < -0.4 is 5.32 Å². The second-order valence-corrected chi connectivity index (χ2v) is 10.9. The number of unbranched alkanes of at least 4 members (excludes halogenated alkanes) is 7. The van der Waals surface area contributed by atoms with Gasteiger partial charge in [0.2, 0.25) is 5.91 Å². The summed E-state index contributed by atoms with van der Waals surface area (Å²) >= 11 is 0. The van der Waals surface area contributed by atoms with Crippen LogP contribution >= 0.6 is 0 Å². The molecule has 0 heterocycles. The monoisotopic (exact) mass is 388 g/mol. The van der Waals surface area contributed by atoms with Gasteiger partial charge in [0.15, 0.2) is 0 Å². The number of carbonyl (C=O) groups is 1. The van der Waals surface area contributed by atoms with Crippen LogP contribution in [0.4, 0.5) is 0 Å². The third kappa shape index (κ3) is 12.0. The smallest absolute Gasteiger partial charge is 0.377 e. The standard InChI is InChI=1S/C20H42NO4Si/c1-7-8-9-10-11-12-13-14-15-19(22)21-18-20(2,3)16-17-26(23-4,24-5)25-6/h13H,7-12,14-18H2,1-6H3,(H,21,22). The van der Waals surface area contributed by atoms with Gasteiger partial charge in [-0.25, -0.2) is 0 Å². The lowest BCUT2D eigenvalue weighted by atomic mass is 9.90. The second kappa shape index (κ2) is 14.6. The molecule has 0 spiro atoms. The Kier molecular flexibility index (Phi) is 14.4. The molecule has 0 aromatic heterocycles. The molecular weight excluding hydrogens is 346 g/mol. The van der Waals surface area contributed by atoms with Crippen LogP contribution in [0.25, 0.3) is 0 Å². The molecule has 0 unspecified atom stereocenters. The molecule has 6 heteroatoms. The number of hydrogen-bond donors (Lipinski definition) is 1. The van der Waals surface area contributed by atoms with Gasteiger partial charge < -0.3 is 18.6 Å². The fourth-order valence-electron chi connectivity index (χ4n) is 2.83. The highest BCUT2D eigenvalue weighted by molar-refractivity contribution is 6.60. The highest BCUT2D eigenvalue weighted by atomic mass is 28.4. The molecule has 5 nitrogen and oxygen atoms in total. The molecule has 26 heavy (non-hydrogen) atoms. The normalized spacial score (nSPS) is 12.4. The van der Waals surface area contributed by atoms with Crippen LogP contribution in [-0.2, 0) is 18.1 Å². The number of hydrogen-bond acceptors (Lipinski definition) is 4. The van der Waals surface area contributed by atoms with E-state index in [0.717, 1.165) is 25.3 Å². The molecule has 1 N–H and O–H groups in total. The first-order valence-corrected chi connectivity index (χ1v) is 12.0. The van der Waals surface area contributed by atoms with Crippen LogP contribution in [0.15, 0.2) is 0 Å². The molecule has 0 atom stereocenters. The molecule has 0 fully saturated rings. The topological polar surface area (TPSA) is 56.8 Å². The van der Waals surface area contributed by atoms with E-state index in [4.69, 9.17) is 13.3 Å². The van der Waals surface area contributed by atoms with Gasteiger partial charge in [0.1, 0.15) is 0 Å². The quantitative estimate of drug-likeness (QED) is 0.289. The zero-order valence-corrected chi connectivity index (χ0v) is 19.0. The van der Waals surface area contributed by atoms with Gasteiger partial charge in [-0.15, -0.1) is 0 Å². The first-order valence-electron chi connectivity index (χ1n) is 10.1. The van der Waals surface area contributed by atoms with Crippen molar-refractivity contribution in [2.24, 2.45) is 5.41 Å². The number of nitrogens with one attached hydrogen (secondary N) is 1. The van der Waals surface area contributed by atoms with E-state index in [9.17, 15) is 4.79 Å². The van der Waals surface area contributed by atoms with Crippen molar-refractivity contribution in [1.82, 2.24) is 5.32 Å². The van der Waals surface area contributed by atoms with E-state index < -0.39 is 8.80 Å². The molecule has 0 saturated carbocycles. The summed E-state index contributed by atoms with van der Waals surface area (Å²) < 4.78 is 16.4. The average Bonchev–Trinajstić information content (AvgIpc) is 2.64. The number of rotatable bonds is 17. The fraction of sp³-hybridized carbons (Fsp3) is 0.900. The molecular formula is C20H42NO4Si. The van der Waals surface area contributed by atoms with Crippen LogP contribution in [0.1, 0.15) is 78.6 Å². The SMILES string of the molecule is CCCCCCC[CH]CCC(=O)NCC(C)(C)CC[Si](OC)(OC)OC. The summed E-state index contributed by atoms with van der Waals surface area (Å²) in [4.78, 5) is 12.0. The van der Waals surface area contributed by atoms with Crippen molar-refractivity contribution in [3.63, 3.8) is 0 Å². The maximum absolute atomic E-state index is 12.0. The highest BCUT2D eigenvalue weighted by Gasteiger charge is 2.39. The van der Waals surface area contributed by atoms with Gasteiger partial charge in [-0.3, -0.25) is 4.79 Å². The first-order chi connectivity index (χ1) is 12.3. The summed E-state index contributed by atoms with van der Waals surface area (Å²) in [6.45, 7) is 7.19. The minimum atomic E-state index is -2.54. The van der Waals surface area contributed by atoms with Gasteiger partial charge in [-0.05, 0) is 24.7 Å². The molecule has 0 aromatic rings. The summed E-state index contributed by atoms with van der Waals surface area (Å²) in [6.07, 6.45) is 12.2. The van der Waals surface area contributed by atoms with Crippen LogP contribution in [0.2, 0.25) is 6.04 Å². The maximum atomic E-state index is 12.0. The van der Waals surface area contributed by atoms with Gasteiger partial charge in [-0.1, -0.05) is 59.3 Å². The van der Waals surface area contributed by atoms with Crippen molar-refractivity contribution in [1.29, 1.82) is 0 Å². The molecule has 1 amide bonds. The van der Waals surface area contributed by atoms with E-state index >= 15 is 0 Å².